The number of carboxylic acid groups (broad SMARTS) is 1. The fourth-order valence-electron chi connectivity index (χ4n) is 1.50. The summed E-state index contributed by atoms with van der Waals surface area (Å²) in [6.45, 7) is 7.29. The van der Waals surface area contributed by atoms with Crippen LogP contribution >= 0.6 is 0 Å². The maximum atomic E-state index is 10.6. The lowest BCUT2D eigenvalue weighted by Crippen LogP contribution is -2.42. The van der Waals surface area contributed by atoms with Gasteiger partial charge in [0.2, 0.25) is 0 Å². The van der Waals surface area contributed by atoms with Crippen molar-refractivity contribution in [2.75, 3.05) is 6.54 Å². The van der Waals surface area contributed by atoms with Gasteiger partial charge >= 0.3 is 5.97 Å². The second-order valence-corrected chi connectivity index (χ2v) is 5.09. The molecule has 1 rings (SSSR count). The van der Waals surface area contributed by atoms with Crippen molar-refractivity contribution in [2.45, 2.75) is 39.3 Å². The summed E-state index contributed by atoms with van der Waals surface area (Å²) in [5, 5.41) is 16.6. The molecule has 1 aromatic rings. The average molecular weight is 240 g/mol. The van der Waals surface area contributed by atoms with Gasteiger partial charge in [0.1, 0.15) is 12.2 Å². The van der Waals surface area contributed by atoms with Gasteiger partial charge in [-0.25, -0.2) is 0 Å². The van der Waals surface area contributed by atoms with Gasteiger partial charge in [0.15, 0.2) is 0 Å². The third-order valence-corrected chi connectivity index (χ3v) is 2.68. The van der Waals surface area contributed by atoms with E-state index in [-0.39, 0.29) is 12.0 Å². The Morgan fingerprint density at radius 1 is 1.53 bits per heavy atom. The maximum Gasteiger partial charge on any atom is 0.304 e. The Balaban J connectivity index is 2.71. The number of rotatable bonds is 5. The largest absolute Gasteiger partial charge is 0.481 e. The Morgan fingerprint density at radius 2 is 2.18 bits per heavy atom. The van der Waals surface area contributed by atoms with E-state index in [1.807, 2.05) is 11.6 Å². The number of hydrogen-bond acceptors (Lipinski definition) is 4. The highest BCUT2D eigenvalue weighted by Crippen LogP contribution is 2.16. The van der Waals surface area contributed by atoms with Crippen molar-refractivity contribution in [3.05, 3.63) is 12.2 Å². The molecule has 0 aliphatic heterocycles. The highest BCUT2D eigenvalue weighted by molar-refractivity contribution is 5.66. The van der Waals surface area contributed by atoms with E-state index in [1.165, 1.54) is 0 Å². The molecule has 96 valence electrons. The second kappa shape index (κ2) is 5.27. The molecule has 1 heterocycles. The molecular formula is C11H20N4O2. The van der Waals surface area contributed by atoms with E-state index in [2.05, 4.69) is 35.9 Å². The van der Waals surface area contributed by atoms with Crippen molar-refractivity contribution in [3.63, 3.8) is 0 Å². The zero-order valence-electron chi connectivity index (χ0n) is 10.8. The molecule has 17 heavy (non-hydrogen) atoms. The Morgan fingerprint density at radius 3 is 2.59 bits per heavy atom. The first-order valence-corrected chi connectivity index (χ1v) is 5.60. The molecular weight excluding hydrogens is 220 g/mol. The van der Waals surface area contributed by atoms with Crippen LogP contribution in [0.2, 0.25) is 0 Å². The number of nitrogens with zero attached hydrogens (tertiary/aromatic N) is 4. The summed E-state index contributed by atoms with van der Waals surface area (Å²) in [6.07, 6.45) is 1.78. The second-order valence-electron chi connectivity index (χ2n) is 5.09. The van der Waals surface area contributed by atoms with Gasteiger partial charge in [0.05, 0.1) is 13.0 Å². The average Bonchev–Trinajstić information content (AvgIpc) is 2.56. The molecule has 0 atom stereocenters. The minimum atomic E-state index is -0.780. The van der Waals surface area contributed by atoms with Gasteiger partial charge in [-0.05, 0) is 20.8 Å². The summed E-state index contributed by atoms with van der Waals surface area (Å²) in [6, 6.07) is 0. The lowest BCUT2D eigenvalue weighted by molar-refractivity contribution is -0.137. The Labute approximate surface area is 101 Å². The van der Waals surface area contributed by atoms with Gasteiger partial charge in [-0.15, -0.1) is 10.2 Å². The fourth-order valence-corrected chi connectivity index (χ4v) is 1.50. The van der Waals surface area contributed by atoms with Gasteiger partial charge in [0, 0.05) is 19.1 Å². The van der Waals surface area contributed by atoms with E-state index < -0.39 is 5.97 Å². The van der Waals surface area contributed by atoms with Crippen molar-refractivity contribution in [1.29, 1.82) is 0 Å². The summed E-state index contributed by atoms with van der Waals surface area (Å²) >= 11 is 0. The Kier molecular flexibility index (Phi) is 4.22. The monoisotopic (exact) mass is 240 g/mol. The first-order chi connectivity index (χ1) is 7.80. The van der Waals surface area contributed by atoms with Crippen molar-refractivity contribution in [3.8, 4) is 0 Å². The van der Waals surface area contributed by atoms with E-state index >= 15 is 0 Å². The normalized spacial score (nSPS) is 12.1. The first kappa shape index (κ1) is 13.6. The van der Waals surface area contributed by atoms with Crippen LogP contribution in [-0.4, -0.2) is 42.8 Å². The first-order valence-electron chi connectivity index (χ1n) is 5.60. The smallest absolute Gasteiger partial charge is 0.304 e. The summed E-state index contributed by atoms with van der Waals surface area (Å²) in [4.78, 5) is 12.7. The van der Waals surface area contributed by atoms with E-state index in [9.17, 15) is 4.79 Å². The molecule has 0 bridgehead atoms. The lowest BCUT2D eigenvalue weighted by atomic mass is 10.1. The molecule has 0 unspecified atom stereocenters. The molecule has 0 saturated carbocycles. The lowest BCUT2D eigenvalue weighted by Gasteiger charge is -2.34. The van der Waals surface area contributed by atoms with E-state index in [0.29, 0.717) is 13.1 Å². The quantitative estimate of drug-likeness (QED) is 0.827. The fraction of sp³-hybridized carbons (Fsp3) is 0.727. The zero-order valence-corrected chi connectivity index (χ0v) is 10.8. The number of carbonyl (C=O) groups is 1. The highest BCUT2D eigenvalue weighted by atomic mass is 16.4. The number of aliphatic carboxylic acids is 1. The van der Waals surface area contributed by atoms with Gasteiger partial charge in [-0.3, -0.25) is 9.69 Å². The Bertz CT molecular complexity index is 381. The van der Waals surface area contributed by atoms with Gasteiger partial charge in [-0.2, -0.15) is 0 Å². The van der Waals surface area contributed by atoms with E-state index in [4.69, 9.17) is 5.11 Å². The molecule has 0 aromatic carbocycles. The topological polar surface area (TPSA) is 71.2 Å². The zero-order chi connectivity index (χ0) is 13.1. The molecule has 0 fully saturated rings. The highest BCUT2D eigenvalue weighted by Gasteiger charge is 2.23. The molecule has 0 aliphatic rings. The minimum Gasteiger partial charge on any atom is -0.481 e. The van der Waals surface area contributed by atoms with Crippen LogP contribution in [-0.2, 0) is 18.4 Å². The third-order valence-electron chi connectivity index (χ3n) is 2.68. The third kappa shape index (κ3) is 4.14. The van der Waals surface area contributed by atoms with Crippen LogP contribution in [0.25, 0.3) is 0 Å². The van der Waals surface area contributed by atoms with Gasteiger partial charge < -0.3 is 9.67 Å². The van der Waals surface area contributed by atoms with Crippen LogP contribution in [0, 0.1) is 0 Å². The molecule has 0 aliphatic carbocycles. The van der Waals surface area contributed by atoms with E-state index in [1.54, 1.807) is 6.33 Å². The maximum absolute atomic E-state index is 10.6. The van der Waals surface area contributed by atoms with Crippen LogP contribution in [0.5, 0.6) is 0 Å². The molecule has 1 aromatic heterocycles. The summed E-state index contributed by atoms with van der Waals surface area (Å²) in [5.74, 6) is 0.0579. The Hall–Kier alpha value is -1.43. The van der Waals surface area contributed by atoms with Gasteiger partial charge in [0.25, 0.3) is 0 Å². The van der Waals surface area contributed by atoms with Crippen LogP contribution in [0.3, 0.4) is 0 Å². The number of aromatic nitrogens is 3. The predicted molar refractivity (Wildman–Crippen MR) is 63.4 cm³/mol. The molecule has 0 spiro atoms. The predicted octanol–water partition coefficient (Wildman–Crippen LogP) is 0.890. The summed E-state index contributed by atoms with van der Waals surface area (Å²) in [5.41, 5.74) is -0.0958. The van der Waals surface area contributed by atoms with Crippen LogP contribution in [0.1, 0.15) is 33.0 Å². The van der Waals surface area contributed by atoms with Crippen LogP contribution in [0.15, 0.2) is 6.33 Å². The number of hydrogen-bond donors (Lipinski definition) is 1. The van der Waals surface area contributed by atoms with Crippen molar-refractivity contribution < 1.29 is 9.90 Å². The molecule has 6 heteroatoms. The molecule has 6 nitrogen and oxygen atoms in total. The minimum absolute atomic E-state index is 0.0958. The molecule has 0 amide bonds. The van der Waals surface area contributed by atoms with Crippen LogP contribution < -0.4 is 0 Å². The van der Waals surface area contributed by atoms with E-state index in [0.717, 1.165) is 5.82 Å². The molecule has 0 saturated heterocycles. The van der Waals surface area contributed by atoms with Crippen molar-refractivity contribution in [2.24, 2.45) is 7.05 Å². The van der Waals surface area contributed by atoms with Gasteiger partial charge in [-0.1, -0.05) is 0 Å². The summed E-state index contributed by atoms with van der Waals surface area (Å²) in [7, 11) is 1.88. The summed E-state index contributed by atoms with van der Waals surface area (Å²) < 4.78 is 1.85. The number of aryl methyl sites for hydroxylation is 1. The van der Waals surface area contributed by atoms with Crippen molar-refractivity contribution >= 4 is 5.97 Å². The SMILES string of the molecule is Cn1cnnc1CN(CCC(=O)O)C(C)(C)C. The number of carboxylic acids is 1. The molecule has 1 N–H and O–H groups in total. The van der Waals surface area contributed by atoms with Crippen molar-refractivity contribution in [1.82, 2.24) is 19.7 Å². The molecule has 0 radical (unpaired) electrons. The van der Waals surface area contributed by atoms with Crippen LogP contribution in [0.4, 0.5) is 0 Å². The standard InChI is InChI=1S/C11H20N4O2/c1-11(2,3)15(6-5-10(16)17)7-9-13-12-8-14(9)4/h8H,5-7H2,1-4H3,(H,16,17).